The van der Waals surface area contributed by atoms with Crippen molar-refractivity contribution in [2.24, 2.45) is 5.92 Å². The molecule has 7 heteroatoms. The Morgan fingerprint density at radius 2 is 2.03 bits per heavy atom. The summed E-state index contributed by atoms with van der Waals surface area (Å²) in [6.45, 7) is 9.15. The molecule has 0 bridgehead atoms. The highest BCUT2D eigenvalue weighted by Gasteiger charge is 2.44. The Balaban J connectivity index is 1.72. The van der Waals surface area contributed by atoms with Crippen molar-refractivity contribution < 1.29 is 29.6 Å². The zero-order valence-electron chi connectivity index (χ0n) is 20.9. The molecule has 0 saturated heterocycles. The summed E-state index contributed by atoms with van der Waals surface area (Å²) in [6.07, 6.45) is 6.91. The molecule has 1 aromatic rings. The first-order chi connectivity index (χ1) is 16.0. The molecule has 0 spiro atoms. The van der Waals surface area contributed by atoms with E-state index in [2.05, 4.69) is 26.8 Å². The van der Waals surface area contributed by atoms with E-state index >= 15 is 0 Å². The van der Waals surface area contributed by atoms with Gasteiger partial charge in [0.2, 0.25) is 0 Å². The summed E-state index contributed by atoms with van der Waals surface area (Å²) in [6, 6.07) is 1.45. The molecule has 0 fully saturated rings. The van der Waals surface area contributed by atoms with Crippen LogP contribution in [0, 0.1) is 5.92 Å². The SMILES string of the molecule is C/C(=C\CC[C@]1(C)Oc2c(c(O)cc3c2CN(CCCC(=O)O)C3=O)C[C@@H]1O)CCCC(C)C. The number of carbonyl (C=O) groups is 2. The number of hydrogen-bond donors (Lipinski definition) is 3. The number of phenolic OH excluding ortho intramolecular Hbond substituents is 1. The van der Waals surface area contributed by atoms with Crippen molar-refractivity contribution in [2.45, 2.75) is 97.3 Å². The van der Waals surface area contributed by atoms with Crippen molar-refractivity contribution >= 4 is 11.9 Å². The minimum atomic E-state index is -0.892. The quantitative estimate of drug-likeness (QED) is 0.398. The van der Waals surface area contributed by atoms with Gasteiger partial charge in [0.25, 0.3) is 5.91 Å². The molecule has 3 N–H and O–H groups in total. The molecule has 0 aliphatic carbocycles. The number of aromatic hydroxyl groups is 1. The van der Waals surface area contributed by atoms with E-state index < -0.39 is 17.7 Å². The number of carbonyl (C=O) groups excluding carboxylic acids is 1. The lowest BCUT2D eigenvalue weighted by Crippen LogP contribution is -2.49. The Kier molecular flexibility index (Phi) is 8.29. The van der Waals surface area contributed by atoms with E-state index in [1.54, 1.807) is 4.90 Å². The number of carboxylic acid groups (broad SMARTS) is 1. The third kappa shape index (κ3) is 5.93. The fourth-order valence-electron chi connectivity index (χ4n) is 4.86. The van der Waals surface area contributed by atoms with E-state index in [0.29, 0.717) is 54.3 Å². The minimum Gasteiger partial charge on any atom is -0.508 e. The molecule has 7 nitrogen and oxygen atoms in total. The number of aliphatic hydroxyl groups is 1. The van der Waals surface area contributed by atoms with Gasteiger partial charge in [-0.1, -0.05) is 31.9 Å². The number of ether oxygens (including phenoxy) is 1. The summed E-state index contributed by atoms with van der Waals surface area (Å²) in [5.41, 5.74) is 2.15. The lowest BCUT2D eigenvalue weighted by atomic mass is 9.84. The average molecular weight is 474 g/mol. The van der Waals surface area contributed by atoms with Gasteiger partial charge in [-0.15, -0.1) is 0 Å². The van der Waals surface area contributed by atoms with Gasteiger partial charge >= 0.3 is 5.97 Å². The van der Waals surface area contributed by atoms with Crippen LogP contribution in [0.1, 0.15) is 94.1 Å². The molecule has 2 heterocycles. The molecule has 2 aliphatic rings. The average Bonchev–Trinajstić information content (AvgIpc) is 3.05. The first-order valence-corrected chi connectivity index (χ1v) is 12.4. The van der Waals surface area contributed by atoms with Crippen molar-refractivity contribution in [3.63, 3.8) is 0 Å². The van der Waals surface area contributed by atoms with Crippen molar-refractivity contribution in [2.75, 3.05) is 6.54 Å². The number of fused-ring (bicyclic) bond motifs is 3. The van der Waals surface area contributed by atoms with Crippen molar-refractivity contribution in [1.29, 1.82) is 0 Å². The third-order valence-corrected chi connectivity index (χ3v) is 7.07. The normalized spacial score (nSPS) is 22.1. The number of benzene rings is 1. The number of rotatable bonds is 11. The van der Waals surface area contributed by atoms with Crippen molar-refractivity contribution in [1.82, 2.24) is 4.90 Å². The van der Waals surface area contributed by atoms with Gasteiger partial charge in [-0.25, -0.2) is 0 Å². The van der Waals surface area contributed by atoms with E-state index in [9.17, 15) is 19.8 Å². The molecule has 2 atom stereocenters. The zero-order chi connectivity index (χ0) is 25.0. The van der Waals surface area contributed by atoms with Gasteiger partial charge in [0.15, 0.2) is 0 Å². The van der Waals surface area contributed by atoms with Crippen LogP contribution in [0.2, 0.25) is 0 Å². The van der Waals surface area contributed by atoms with E-state index in [-0.39, 0.29) is 24.5 Å². The topological polar surface area (TPSA) is 107 Å². The number of phenols is 1. The Bertz CT molecular complexity index is 953. The second-order valence-electron chi connectivity index (χ2n) is 10.5. The molecule has 0 unspecified atom stereocenters. The smallest absolute Gasteiger partial charge is 0.303 e. The number of amides is 1. The maximum Gasteiger partial charge on any atom is 0.303 e. The standard InChI is InChI=1S/C27H39NO6/c1-17(2)8-5-9-18(3)10-6-12-27(4)23(30)15-20-22(29)14-19-21(25(20)34-27)16-28(26(19)33)13-7-11-24(31)32/h10,14,17,23,29-30H,5-9,11-13,15-16H2,1-4H3,(H,31,32)/b18-10+/t23-,27-/m0/s1. The molecule has 34 heavy (non-hydrogen) atoms. The van der Waals surface area contributed by atoms with Crippen molar-refractivity contribution in [3.05, 3.63) is 34.4 Å². The highest BCUT2D eigenvalue weighted by atomic mass is 16.5. The molecule has 2 aliphatic heterocycles. The lowest BCUT2D eigenvalue weighted by molar-refractivity contribution is -0.137. The van der Waals surface area contributed by atoms with Gasteiger partial charge in [-0.3, -0.25) is 9.59 Å². The van der Waals surface area contributed by atoms with E-state index in [4.69, 9.17) is 9.84 Å². The van der Waals surface area contributed by atoms with E-state index in [0.717, 1.165) is 12.8 Å². The molecule has 188 valence electrons. The Hall–Kier alpha value is -2.54. The summed E-state index contributed by atoms with van der Waals surface area (Å²) in [7, 11) is 0. The van der Waals surface area contributed by atoms with Crippen LogP contribution in [-0.2, 0) is 17.8 Å². The predicted octanol–water partition coefficient (Wildman–Crippen LogP) is 4.82. The molecular weight excluding hydrogens is 434 g/mol. The van der Waals surface area contributed by atoms with Crippen LogP contribution >= 0.6 is 0 Å². The van der Waals surface area contributed by atoms with Crippen LogP contribution < -0.4 is 4.74 Å². The van der Waals surface area contributed by atoms with Gasteiger partial charge in [-0.05, 0) is 57.9 Å². The number of aliphatic carboxylic acids is 1. The summed E-state index contributed by atoms with van der Waals surface area (Å²) in [4.78, 5) is 25.3. The lowest BCUT2D eigenvalue weighted by Gasteiger charge is -2.40. The number of carboxylic acids is 1. The van der Waals surface area contributed by atoms with Gasteiger partial charge in [0.05, 0.1) is 18.2 Å². The van der Waals surface area contributed by atoms with Crippen LogP contribution in [0.25, 0.3) is 0 Å². The fourth-order valence-corrected chi connectivity index (χ4v) is 4.86. The van der Waals surface area contributed by atoms with Crippen LogP contribution in [0.3, 0.4) is 0 Å². The largest absolute Gasteiger partial charge is 0.508 e. The molecule has 1 amide bonds. The van der Waals surface area contributed by atoms with Crippen LogP contribution in [0.5, 0.6) is 11.5 Å². The maximum atomic E-state index is 12.9. The first-order valence-electron chi connectivity index (χ1n) is 12.4. The Labute approximate surface area is 202 Å². The molecule has 0 radical (unpaired) electrons. The fraction of sp³-hybridized carbons (Fsp3) is 0.630. The van der Waals surface area contributed by atoms with Gasteiger partial charge < -0.3 is 25.0 Å². The number of hydrogen-bond acceptors (Lipinski definition) is 5. The number of nitrogens with zero attached hydrogens (tertiary/aromatic N) is 1. The summed E-state index contributed by atoms with van der Waals surface area (Å²) < 4.78 is 6.38. The number of allylic oxidation sites excluding steroid dienone is 2. The summed E-state index contributed by atoms with van der Waals surface area (Å²) in [5.74, 6) is 0.0352. The summed E-state index contributed by atoms with van der Waals surface area (Å²) in [5, 5.41) is 30.4. The molecule has 0 saturated carbocycles. The third-order valence-electron chi connectivity index (χ3n) is 7.07. The first kappa shape index (κ1) is 26.1. The van der Waals surface area contributed by atoms with E-state index in [1.165, 1.54) is 24.5 Å². The van der Waals surface area contributed by atoms with Gasteiger partial charge in [0.1, 0.15) is 17.1 Å². The molecule has 0 aromatic heterocycles. The Morgan fingerprint density at radius 1 is 1.29 bits per heavy atom. The second kappa shape index (κ2) is 10.8. The van der Waals surface area contributed by atoms with E-state index in [1.807, 2.05) is 6.92 Å². The molecule has 1 aromatic carbocycles. The predicted molar refractivity (Wildman–Crippen MR) is 130 cm³/mol. The zero-order valence-corrected chi connectivity index (χ0v) is 20.9. The van der Waals surface area contributed by atoms with Crippen LogP contribution in [-0.4, -0.2) is 50.3 Å². The maximum absolute atomic E-state index is 12.9. The number of aliphatic hydroxyl groups excluding tert-OH is 1. The Morgan fingerprint density at radius 3 is 2.71 bits per heavy atom. The van der Waals surface area contributed by atoms with Crippen molar-refractivity contribution in [3.8, 4) is 11.5 Å². The van der Waals surface area contributed by atoms with Crippen LogP contribution in [0.15, 0.2) is 17.7 Å². The van der Waals surface area contributed by atoms with Crippen LogP contribution in [0.4, 0.5) is 0 Å². The minimum absolute atomic E-state index is 0.00531. The second-order valence-corrected chi connectivity index (χ2v) is 10.5. The summed E-state index contributed by atoms with van der Waals surface area (Å²) >= 11 is 0. The highest BCUT2D eigenvalue weighted by Crippen LogP contribution is 2.46. The monoisotopic (exact) mass is 473 g/mol. The molecular formula is C27H39NO6. The highest BCUT2D eigenvalue weighted by molar-refractivity contribution is 6.00. The van der Waals surface area contributed by atoms with Gasteiger partial charge in [-0.2, -0.15) is 0 Å². The van der Waals surface area contributed by atoms with Gasteiger partial charge in [0, 0.05) is 30.5 Å². The molecule has 3 rings (SSSR count).